The first-order chi connectivity index (χ1) is 9.79. The molecule has 0 saturated carbocycles. The van der Waals surface area contributed by atoms with Crippen LogP contribution in [-0.4, -0.2) is 43.4 Å². The largest absolute Gasteiger partial charge is 0.366 e. The molecule has 1 aliphatic heterocycles. The van der Waals surface area contributed by atoms with Crippen molar-refractivity contribution >= 4 is 27.5 Å². The van der Waals surface area contributed by atoms with E-state index in [0.29, 0.717) is 30.6 Å². The fraction of sp³-hybridized carbons (Fsp3) is 0.385. The molecule has 3 N–H and O–H groups in total. The summed E-state index contributed by atoms with van der Waals surface area (Å²) in [6, 6.07) is 5.42. The highest BCUT2D eigenvalue weighted by Gasteiger charge is 2.36. The van der Waals surface area contributed by atoms with Crippen LogP contribution in [0.25, 0.3) is 0 Å². The lowest BCUT2D eigenvalue weighted by Gasteiger charge is -2.21. The van der Waals surface area contributed by atoms with Gasteiger partial charge in [0.2, 0.25) is 21.8 Å². The minimum atomic E-state index is -3.40. The van der Waals surface area contributed by atoms with Crippen molar-refractivity contribution < 1.29 is 18.0 Å². The molecular weight excluding hydrogens is 294 g/mol. The summed E-state index contributed by atoms with van der Waals surface area (Å²) in [5, 5.41) is 2.65. The molecule has 1 atom stereocenters. The van der Waals surface area contributed by atoms with Gasteiger partial charge in [-0.2, -0.15) is 4.31 Å². The van der Waals surface area contributed by atoms with Crippen molar-refractivity contribution in [3.63, 3.8) is 0 Å². The van der Waals surface area contributed by atoms with E-state index >= 15 is 0 Å². The van der Waals surface area contributed by atoms with Crippen LogP contribution in [0.1, 0.15) is 23.2 Å². The van der Waals surface area contributed by atoms with Gasteiger partial charge in [0.25, 0.3) is 0 Å². The lowest BCUT2D eigenvalue weighted by molar-refractivity contribution is -0.119. The number of sulfonamides is 1. The second-order valence-corrected chi connectivity index (χ2v) is 6.90. The SMILES string of the molecule is CS(=O)(=O)N1CCCC1C(=O)Nc1ccc(C(N)=O)cc1. The van der Waals surface area contributed by atoms with Gasteiger partial charge < -0.3 is 11.1 Å². The average molecular weight is 311 g/mol. The van der Waals surface area contributed by atoms with E-state index < -0.39 is 22.0 Å². The predicted molar refractivity (Wildman–Crippen MR) is 78.2 cm³/mol. The van der Waals surface area contributed by atoms with Crippen molar-refractivity contribution in [3.05, 3.63) is 29.8 Å². The monoisotopic (exact) mass is 311 g/mol. The molecule has 0 aromatic heterocycles. The maximum Gasteiger partial charge on any atom is 0.248 e. The highest BCUT2D eigenvalue weighted by molar-refractivity contribution is 7.88. The Hall–Kier alpha value is -1.93. The Morgan fingerprint density at radius 3 is 2.43 bits per heavy atom. The average Bonchev–Trinajstić information content (AvgIpc) is 2.88. The molecular formula is C13H17N3O4S. The van der Waals surface area contributed by atoms with Crippen LogP contribution in [0.15, 0.2) is 24.3 Å². The fourth-order valence-electron chi connectivity index (χ4n) is 2.34. The third-order valence-corrected chi connectivity index (χ3v) is 4.66. The number of carbonyl (C=O) groups excluding carboxylic acids is 2. The lowest BCUT2D eigenvalue weighted by atomic mass is 10.2. The quantitative estimate of drug-likeness (QED) is 0.824. The number of anilines is 1. The van der Waals surface area contributed by atoms with Gasteiger partial charge in [0.1, 0.15) is 6.04 Å². The number of carbonyl (C=O) groups is 2. The van der Waals surface area contributed by atoms with Crippen molar-refractivity contribution in [2.45, 2.75) is 18.9 Å². The number of primary amides is 1. The molecule has 1 aromatic rings. The first-order valence-corrected chi connectivity index (χ1v) is 8.31. The van der Waals surface area contributed by atoms with Crippen LogP contribution in [0.3, 0.4) is 0 Å². The van der Waals surface area contributed by atoms with E-state index in [9.17, 15) is 18.0 Å². The van der Waals surface area contributed by atoms with Crippen molar-refractivity contribution in [1.29, 1.82) is 0 Å². The van der Waals surface area contributed by atoms with Gasteiger partial charge in [-0.3, -0.25) is 9.59 Å². The summed E-state index contributed by atoms with van der Waals surface area (Å²) in [6.45, 7) is 0.359. The second-order valence-electron chi connectivity index (χ2n) is 4.96. The maximum atomic E-state index is 12.2. The fourth-order valence-corrected chi connectivity index (χ4v) is 3.47. The van der Waals surface area contributed by atoms with E-state index in [2.05, 4.69) is 5.32 Å². The molecule has 1 aromatic carbocycles. The van der Waals surface area contributed by atoms with Gasteiger partial charge in [0.15, 0.2) is 0 Å². The Balaban J connectivity index is 2.09. The predicted octanol–water partition coefficient (Wildman–Crippen LogP) is 0.148. The molecule has 0 bridgehead atoms. The number of nitrogens with two attached hydrogens (primary N) is 1. The van der Waals surface area contributed by atoms with E-state index in [0.717, 1.165) is 6.26 Å². The molecule has 21 heavy (non-hydrogen) atoms. The molecule has 114 valence electrons. The molecule has 2 rings (SSSR count). The smallest absolute Gasteiger partial charge is 0.248 e. The minimum Gasteiger partial charge on any atom is -0.366 e. The van der Waals surface area contributed by atoms with E-state index in [-0.39, 0.29) is 5.91 Å². The van der Waals surface area contributed by atoms with Crippen LogP contribution in [0.5, 0.6) is 0 Å². The minimum absolute atomic E-state index is 0.339. The Morgan fingerprint density at radius 2 is 1.90 bits per heavy atom. The number of nitrogens with zero attached hydrogens (tertiary/aromatic N) is 1. The highest BCUT2D eigenvalue weighted by atomic mass is 32.2. The van der Waals surface area contributed by atoms with Gasteiger partial charge in [-0.15, -0.1) is 0 Å². The number of benzene rings is 1. The number of hydrogen-bond donors (Lipinski definition) is 2. The molecule has 1 fully saturated rings. The molecule has 1 saturated heterocycles. The molecule has 1 heterocycles. The van der Waals surface area contributed by atoms with Gasteiger partial charge in [0.05, 0.1) is 6.26 Å². The van der Waals surface area contributed by atoms with Crippen LogP contribution in [-0.2, 0) is 14.8 Å². The molecule has 7 nitrogen and oxygen atoms in total. The van der Waals surface area contributed by atoms with Gasteiger partial charge in [-0.25, -0.2) is 8.42 Å². The van der Waals surface area contributed by atoms with Crippen LogP contribution < -0.4 is 11.1 Å². The van der Waals surface area contributed by atoms with Crippen molar-refractivity contribution in [2.24, 2.45) is 5.73 Å². The van der Waals surface area contributed by atoms with Gasteiger partial charge >= 0.3 is 0 Å². The highest BCUT2D eigenvalue weighted by Crippen LogP contribution is 2.22. The standard InChI is InChI=1S/C13H17N3O4S/c1-21(19,20)16-8-2-3-11(16)13(18)15-10-6-4-9(5-7-10)12(14)17/h4-7,11H,2-3,8H2,1H3,(H2,14,17)(H,15,18). The van der Waals surface area contributed by atoms with E-state index in [1.54, 1.807) is 12.1 Å². The molecule has 0 spiro atoms. The Bertz CT molecular complexity index is 654. The maximum absolute atomic E-state index is 12.2. The van der Waals surface area contributed by atoms with Crippen molar-refractivity contribution in [3.8, 4) is 0 Å². The Labute approximate surface area is 123 Å². The van der Waals surface area contributed by atoms with Crippen LogP contribution in [0.2, 0.25) is 0 Å². The van der Waals surface area contributed by atoms with Gasteiger partial charge in [-0.1, -0.05) is 0 Å². The summed E-state index contributed by atoms with van der Waals surface area (Å²) in [5.74, 6) is -0.920. The third-order valence-electron chi connectivity index (χ3n) is 3.37. The molecule has 0 aliphatic carbocycles. The van der Waals surface area contributed by atoms with E-state index in [1.807, 2.05) is 0 Å². The Kier molecular flexibility index (Phi) is 4.29. The second kappa shape index (κ2) is 5.82. The summed E-state index contributed by atoms with van der Waals surface area (Å²) in [4.78, 5) is 23.1. The lowest BCUT2D eigenvalue weighted by Crippen LogP contribution is -2.42. The Morgan fingerprint density at radius 1 is 1.29 bits per heavy atom. The number of hydrogen-bond acceptors (Lipinski definition) is 4. The normalized spacial score (nSPS) is 19.4. The molecule has 1 aliphatic rings. The van der Waals surface area contributed by atoms with Crippen molar-refractivity contribution in [1.82, 2.24) is 4.31 Å². The van der Waals surface area contributed by atoms with E-state index in [1.165, 1.54) is 16.4 Å². The molecule has 8 heteroatoms. The topological polar surface area (TPSA) is 110 Å². The number of amides is 2. The summed E-state index contributed by atoms with van der Waals surface area (Å²) in [7, 11) is -3.40. The van der Waals surface area contributed by atoms with Gasteiger partial charge in [-0.05, 0) is 37.1 Å². The van der Waals surface area contributed by atoms with Crippen LogP contribution in [0.4, 0.5) is 5.69 Å². The number of rotatable bonds is 4. The zero-order valence-electron chi connectivity index (χ0n) is 11.6. The zero-order valence-corrected chi connectivity index (χ0v) is 12.4. The first-order valence-electron chi connectivity index (χ1n) is 6.46. The van der Waals surface area contributed by atoms with E-state index in [4.69, 9.17) is 5.73 Å². The van der Waals surface area contributed by atoms with Crippen LogP contribution >= 0.6 is 0 Å². The molecule has 0 radical (unpaired) electrons. The number of nitrogens with one attached hydrogen (secondary N) is 1. The van der Waals surface area contributed by atoms with Gasteiger partial charge in [0, 0.05) is 17.8 Å². The summed E-state index contributed by atoms with van der Waals surface area (Å²) >= 11 is 0. The summed E-state index contributed by atoms with van der Waals surface area (Å²) in [5.41, 5.74) is 5.96. The zero-order chi connectivity index (χ0) is 15.6. The molecule has 1 unspecified atom stereocenters. The molecule has 2 amide bonds. The van der Waals surface area contributed by atoms with Crippen molar-refractivity contribution in [2.75, 3.05) is 18.1 Å². The summed E-state index contributed by atoms with van der Waals surface area (Å²) < 4.78 is 24.4. The third kappa shape index (κ3) is 3.59. The van der Waals surface area contributed by atoms with Crippen LogP contribution in [0, 0.1) is 0 Å². The first kappa shape index (κ1) is 15.5. The summed E-state index contributed by atoms with van der Waals surface area (Å²) in [6.07, 6.45) is 2.25.